The molecule has 1 N–H and O–H groups in total. The molecule has 0 heterocycles. The van der Waals surface area contributed by atoms with E-state index in [2.05, 4.69) is 9.83 Å². The number of hydroxylamine groups is 1. The van der Waals surface area contributed by atoms with Crippen LogP contribution in [0, 0.1) is 0 Å². The number of aliphatic imine (C=N–C) groups is 1. The Bertz CT molecular complexity index is 453. The zero-order chi connectivity index (χ0) is 14.7. The number of alkyl halides is 5. The van der Waals surface area contributed by atoms with Gasteiger partial charge in [0.25, 0.3) is 5.90 Å². The maximum absolute atomic E-state index is 13.9. The van der Waals surface area contributed by atoms with Gasteiger partial charge in [-0.05, 0) is 12.1 Å². The van der Waals surface area contributed by atoms with Crippen LogP contribution in [0.3, 0.4) is 0 Å². The van der Waals surface area contributed by atoms with Gasteiger partial charge in [0.15, 0.2) is 0 Å². The van der Waals surface area contributed by atoms with E-state index in [0.717, 1.165) is 7.05 Å². The van der Waals surface area contributed by atoms with Crippen molar-refractivity contribution in [3.63, 3.8) is 0 Å². The van der Waals surface area contributed by atoms with Gasteiger partial charge in [0.1, 0.15) is 0 Å². The Balaban J connectivity index is 3.09. The number of halogens is 5. The summed E-state index contributed by atoms with van der Waals surface area (Å²) in [7, 11) is 2.35. The maximum atomic E-state index is 13.9. The van der Waals surface area contributed by atoms with Crippen molar-refractivity contribution in [1.29, 1.82) is 0 Å². The smallest absolute Gasteiger partial charge is 0.387 e. The Morgan fingerprint density at radius 1 is 1.05 bits per heavy atom. The molecule has 0 aromatic heterocycles. The Hall–Kier alpha value is -1.70. The summed E-state index contributed by atoms with van der Waals surface area (Å²) in [5.41, 5.74) is 0.394. The van der Waals surface area contributed by atoms with Gasteiger partial charge >= 0.3 is 12.1 Å². The highest BCUT2D eigenvalue weighted by atomic mass is 19.4. The Labute approximate surface area is 106 Å². The minimum absolute atomic E-state index is 0.579. The van der Waals surface area contributed by atoms with Crippen molar-refractivity contribution in [2.45, 2.75) is 12.1 Å². The molecule has 0 radical (unpaired) electrons. The van der Waals surface area contributed by atoms with Gasteiger partial charge in [0.2, 0.25) is 0 Å². The first-order valence-corrected chi connectivity index (χ1v) is 5.10. The maximum Gasteiger partial charge on any atom is 0.416 e. The zero-order valence-corrected chi connectivity index (χ0v) is 10.1. The first-order valence-electron chi connectivity index (χ1n) is 5.10. The molecule has 0 saturated carbocycles. The molecule has 0 aliphatic rings. The Morgan fingerprint density at radius 3 is 1.89 bits per heavy atom. The van der Waals surface area contributed by atoms with Gasteiger partial charge in [0, 0.05) is 19.7 Å². The van der Waals surface area contributed by atoms with Gasteiger partial charge in [-0.1, -0.05) is 12.1 Å². The monoisotopic (exact) mass is 282 g/mol. The van der Waals surface area contributed by atoms with Crippen LogP contribution >= 0.6 is 0 Å². The van der Waals surface area contributed by atoms with Crippen LogP contribution in [0.2, 0.25) is 0 Å². The summed E-state index contributed by atoms with van der Waals surface area (Å²) in [6, 6.07) is 2.53. The fourth-order valence-electron chi connectivity index (χ4n) is 1.34. The van der Waals surface area contributed by atoms with Crippen LogP contribution in [0.5, 0.6) is 0 Å². The van der Waals surface area contributed by atoms with E-state index in [-0.39, 0.29) is 0 Å². The predicted molar refractivity (Wildman–Crippen MR) is 58.8 cm³/mol. The quantitative estimate of drug-likeness (QED) is 0.400. The Morgan fingerprint density at radius 2 is 1.53 bits per heavy atom. The van der Waals surface area contributed by atoms with Gasteiger partial charge in [-0.15, -0.1) is 0 Å². The summed E-state index contributed by atoms with van der Waals surface area (Å²) in [6.07, 6.45) is -4.57. The lowest BCUT2D eigenvalue weighted by Crippen LogP contribution is -2.32. The molecule has 0 bridgehead atoms. The highest BCUT2D eigenvalue weighted by Crippen LogP contribution is 2.34. The van der Waals surface area contributed by atoms with Crippen LogP contribution in [0.15, 0.2) is 29.3 Å². The largest absolute Gasteiger partial charge is 0.416 e. The average molecular weight is 282 g/mol. The lowest BCUT2D eigenvalue weighted by atomic mass is 10.1. The van der Waals surface area contributed by atoms with Gasteiger partial charge in [-0.3, -0.25) is 4.99 Å². The SMILES string of the molecule is C/N=C(\ONC)C(F)(F)c1ccc(C(F)(F)F)cc1. The van der Waals surface area contributed by atoms with E-state index in [0.29, 0.717) is 24.3 Å². The second-order valence-corrected chi connectivity index (χ2v) is 3.48. The van der Waals surface area contributed by atoms with E-state index >= 15 is 0 Å². The summed E-state index contributed by atoms with van der Waals surface area (Å²) in [5.74, 6) is -4.56. The molecule has 8 heteroatoms. The molecule has 19 heavy (non-hydrogen) atoms. The number of benzene rings is 1. The van der Waals surface area contributed by atoms with Crippen molar-refractivity contribution in [3.8, 4) is 0 Å². The van der Waals surface area contributed by atoms with Gasteiger partial charge in [-0.25, -0.2) is 0 Å². The molecule has 0 saturated heterocycles. The summed E-state index contributed by atoms with van der Waals surface area (Å²) >= 11 is 0. The number of rotatable bonds is 3. The van der Waals surface area contributed by atoms with E-state index in [1.807, 2.05) is 5.48 Å². The first kappa shape index (κ1) is 15.4. The molecular formula is C11H11F5N2O. The highest BCUT2D eigenvalue weighted by Gasteiger charge is 2.41. The lowest BCUT2D eigenvalue weighted by molar-refractivity contribution is -0.137. The van der Waals surface area contributed by atoms with Crippen LogP contribution in [-0.4, -0.2) is 20.0 Å². The van der Waals surface area contributed by atoms with Crippen molar-refractivity contribution in [3.05, 3.63) is 35.4 Å². The molecule has 0 spiro atoms. The molecule has 0 unspecified atom stereocenters. The van der Waals surface area contributed by atoms with Crippen molar-refractivity contribution < 1.29 is 26.8 Å². The van der Waals surface area contributed by atoms with E-state index in [1.54, 1.807) is 0 Å². The Kier molecular flexibility index (Phi) is 4.46. The number of hydrogen-bond acceptors (Lipinski definition) is 3. The molecule has 1 aromatic rings. The summed E-state index contributed by atoms with van der Waals surface area (Å²) in [4.78, 5) is 7.69. The van der Waals surface area contributed by atoms with Crippen LogP contribution in [-0.2, 0) is 16.9 Å². The van der Waals surface area contributed by atoms with Gasteiger partial charge in [-0.2, -0.15) is 27.4 Å². The predicted octanol–water partition coefficient (Wildman–Crippen LogP) is 2.98. The molecule has 1 rings (SSSR count). The highest BCUT2D eigenvalue weighted by molar-refractivity contribution is 5.84. The summed E-state index contributed by atoms with van der Waals surface area (Å²) < 4.78 is 64.7. The van der Waals surface area contributed by atoms with Crippen LogP contribution < -0.4 is 5.48 Å². The molecule has 3 nitrogen and oxygen atoms in total. The fraction of sp³-hybridized carbons (Fsp3) is 0.364. The second-order valence-electron chi connectivity index (χ2n) is 3.48. The molecule has 0 aliphatic heterocycles. The minimum atomic E-state index is -4.57. The van der Waals surface area contributed by atoms with Crippen molar-refractivity contribution in [2.75, 3.05) is 14.1 Å². The van der Waals surface area contributed by atoms with Crippen LogP contribution in [0.25, 0.3) is 0 Å². The summed E-state index contributed by atoms with van der Waals surface area (Å²) in [6.45, 7) is 0. The van der Waals surface area contributed by atoms with E-state index in [1.165, 1.54) is 7.05 Å². The van der Waals surface area contributed by atoms with Crippen molar-refractivity contribution >= 4 is 5.90 Å². The number of nitrogens with one attached hydrogen (secondary N) is 1. The molecule has 1 aromatic carbocycles. The minimum Gasteiger partial charge on any atom is -0.387 e. The first-order chi connectivity index (χ1) is 8.73. The van der Waals surface area contributed by atoms with Gasteiger partial charge in [0.05, 0.1) is 5.56 Å². The molecular weight excluding hydrogens is 271 g/mol. The van der Waals surface area contributed by atoms with E-state index < -0.39 is 29.1 Å². The standard InChI is InChI=1S/C11H11F5N2O/c1-17-9(19-18-2)10(12,13)7-3-5-8(6-4-7)11(14,15)16/h3-6,18H,1-2H3/b17-9-. The van der Waals surface area contributed by atoms with E-state index in [9.17, 15) is 22.0 Å². The molecule has 0 fully saturated rings. The lowest BCUT2D eigenvalue weighted by Gasteiger charge is -2.18. The van der Waals surface area contributed by atoms with Crippen molar-refractivity contribution in [2.24, 2.45) is 4.99 Å². The third-order valence-corrected chi connectivity index (χ3v) is 2.25. The third-order valence-electron chi connectivity index (χ3n) is 2.25. The summed E-state index contributed by atoms with van der Waals surface area (Å²) in [5, 5.41) is 0. The fourth-order valence-corrected chi connectivity index (χ4v) is 1.34. The second kappa shape index (κ2) is 5.52. The van der Waals surface area contributed by atoms with Crippen LogP contribution in [0.1, 0.15) is 11.1 Å². The number of hydrogen-bond donors (Lipinski definition) is 1. The molecule has 106 valence electrons. The van der Waals surface area contributed by atoms with E-state index in [4.69, 9.17) is 0 Å². The molecule has 0 atom stereocenters. The zero-order valence-electron chi connectivity index (χ0n) is 10.1. The van der Waals surface area contributed by atoms with Crippen LogP contribution in [0.4, 0.5) is 22.0 Å². The molecule has 0 aliphatic carbocycles. The third kappa shape index (κ3) is 3.40. The normalized spacial score (nSPS) is 13.5. The molecule has 0 amide bonds. The average Bonchev–Trinajstić information content (AvgIpc) is 2.34. The topological polar surface area (TPSA) is 33.6 Å². The number of nitrogens with zero attached hydrogens (tertiary/aromatic N) is 1. The van der Waals surface area contributed by atoms with Crippen molar-refractivity contribution in [1.82, 2.24) is 5.48 Å². The van der Waals surface area contributed by atoms with Gasteiger partial charge < -0.3 is 4.84 Å².